The van der Waals surface area contributed by atoms with Crippen LogP contribution in [0.5, 0.6) is 0 Å². The summed E-state index contributed by atoms with van der Waals surface area (Å²) >= 11 is 6.59. The number of nitrogen functional groups attached to an aromatic ring is 1. The number of benzene rings is 2. The fourth-order valence-corrected chi connectivity index (χ4v) is 3.46. The highest BCUT2D eigenvalue weighted by Crippen LogP contribution is 2.27. The van der Waals surface area contributed by atoms with E-state index in [1.165, 1.54) is 11.3 Å². The summed E-state index contributed by atoms with van der Waals surface area (Å²) in [5.41, 5.74) is 8.90. The molecule has 4 nitrogen and oxygen atoms in total. The van der Waals surface area contributed by atoms with Gasteiger partial charge in [-0.1, -0.05) is 47.2 Å². The first-order valence-corrected chi connectivity index (χ1v) is 8.23. The van der Waals surface area contributed by atoms with Gasteiger partial charge in [-0.15, -0.1) is 0 Å². The van der Waals surface area contributed by atoms with Gasteiger partial charge in [-0.25, -0.2) is 0 Å². The molecule has 0 aliphatic heterocycles. The van der Waals surface area contributed by atoms with Crippen molar-refractivity contribution in [2.45, 2.75) is 6.92 Å². The van der Waals surface area contributed by atoms with Gasteiger partial charge in [0.1, 0.15) is 10.7 Å². The minimum atomic E-state index is -0.254. The standard InChI is InChI=1S/C17H15N3OS2/c1-11-7-9-13(10-8-11)20-15(18)14(23-17(20)22)16(21)19-12-5-3-2-4-6-12/h2-10H,18H2,1H3,(H,19,21). The highest BCUT2D eigenvalue weighted by molar-refractivity contribution is 7.73. The Labute approximate surface area is 143 Å². The van der Waals surface area contributed by atoms with Crippen molar-refractivity contribution in [3.8, 4) is 5.69 Å². The van der Waals surface area contributed by atoms with Crippen LogP contribution in [0.15, 0.2) is 54.6 Å². The average Bonchev–Trinajstić information content (AvgIpc) is 2.84. The molecule has 0 fully saturated rings. The van der Waals surface area contributed by atoms with Gasteiger partial charge in [0.15, 0.2) is 3.95 Å². The molecule has 0 saturated heterocycles. The molecule has 1 heterocycles. The van der Waals surface area contributed by atoms with E-state index in [4.69, 9.17) is 18.0 Å². The molecule has 1 amide bonds. The van der Waals surface area contributed by atoms with Crippen LogP contribution in [0.1, 0.15) is 15.2 Å². The summed E-state index contributed by atoms with van der Waals surface area (Å²) in [7, 11) is 0. The van der Waals surface area contributed by atoms with Gasteiger partial charge in [-0.05, 0) is 43.4 Å². The second kappa shape index (κ2) is 6.36. The molecule has 0 atom stereocenters. The summed E-state index contributed by atoms with van der Waals surface area (Å²) in [6.45, 7) is 2.01. The summed E-state index contributed by atoms with van der Waals surface area (Å²) in [6, 6.07) is 17.1. The zero-order valence-electron chi connectivity index (χ0n) is 12.4. The van der Waals surface area contributed by atoms with Crippen LogP contribution in [-0.2, 0) is 0 Å². The van der Waals surface area contributed by atoms with Crippen LogP contribution in [0.2, 0.25) is 0 Å². The molecule has 23 heavy (non-hydrogen) atoms. The van der Waals surface area contributed by atoms with Crippen molar-refractivity contribution >= 4 is 41.0 Å². The number of nitrogens with zero attached hydrogens (tertiary/aromatic N) is 1. The molecule has 2 aromatic carbocycles. The first-order chi connectivity index (χ1) is 11.1. The van der Waals surface area contributed by atoms with Gasteiger partial charge in [0.05, 0.1) is 0 Å². The molecule has 3 aromatic rings. The average molecular weight is 341 g/mol. The quantitative estimate of drug-likeness (QED) is 0.694. The number of aryl methyl sites for hydroxylation is 1. The maximum atomic E-state index is 12.4. The van der Waals surface area contributed by atoms with Crippen LogP contribution >= 0.6 is 23.6 Å². The Kier molecular flexibility index (Phi) is 4.27. The fourth-order valence-electron chi connectivity index (χ4n) is 2.20. The van der Waals surface area contributed by atoms with Gasteiger partial charge in [0.2, 0.25) is 0 Å². The van der Waals surface area contributed by atoms with Crippen molar-refractivity contribution in [3.05, 3.63) is 69.0 Å². The third kappa shape index (κ3) is 3.18. The third-order valence-corrected chi connectivity index (χ3v) is 4.76. The molecular weight excluding hydrogens is 326 g/mol. The van der Waals surface area contributed by atoms with Crippen LogP contribution in [0.3, 0.4) is 0 Å². The van der Waals surface area contributed by atoms with E-state index in [2.05, 4.69) is 5.32 Å². The lowest BCUT2D eigenvalue weighted by atomic mass is 10.2. The largest absolute Gasteiger partial charge is 0.383 e. The molecule has 3 rings (SSSR count). The Hall–Kier alpha value is -2.44. The van der Waals surface area contributed by atoms with Crippen LogP contribution < -0.4 is 11.1 Å². The van der Waals surface area contributed by atoms with E-state index in [0.717, 1.165) is 16.9 Å². The number of thiazole rings is 1. The molecule has 0 aliphatic carbocycles. The lowest BCUT2D eigenvalue weighted by Gasteiger charge is -2.07. The zero-order valence-corrected chi connectivity index (χ0v) is 14.1. The molecule has 6 heteroatoms. The predicted octanol–water partition coefficient (Wildman–Crippen LogP) is 4.41. The number of para-hydroxylation sites is 1. The summed E-state index contributed by atoms with van der Waals surface area (Å²) < 4.78 is 2.27. The molecule has 0 radical (unpaired) electrons. The van der Waals surface area contributed by atoms with Gasteiger partial charge in [0.25, 0.3) is 5.91 Å². The zero-order chi connectivity index (χ0) is 16.4. The number of carbonyl (C=O) groups is 1. The molecule has 0 unspecified atom stereocenters. The number of rotatable bonds is 3. The molecule has 0 bridgehead atoms. The smallest absolute Gasteiger partial charge is 0.269 e. The van der Waals surface area contributed by atoms with Crippen molar-refractivity contribution < 1.29 is 4.79 Å². The molecule has 0 spiro atoms. The van der Waals surface area contributed by atoms with Gasteiger partial charge in [-0.2, -0.15) is 0 Å². The minimum Gasteiger partial charge on any atom is -0.383 e. The van der Waals surface area contributed by atoms with Crippen molar-refractivity contribution in [2.24, 2.45) is 0 Å². The molecule has 1 aromatic heterocycles. The fraction of sp³-hybridized carbons (Fsp3) is 0.0588. The molecule has 3 N–H and O–H groups in total. The van der Waals surface area contributed by atoms with E-state index < -0.39 is 0 Å². The van der Waals surface area contributed by atoms with E-state index in [1.54, 1.807) is 4.57 Å². The van der Waals surface area contributed by atoms with Crippen molar-refractivity contribution in [2.75, 3.05) is 11.1 Å². The van der Waals surface area contributed by atoms with Crippen molar-refractivity contribution in [1.29, 1.82) is 0 Å². The maximum Gasteiger partial charge on any atom is 0.269 e. The maximum absolute atomic E-state index is 12.4. The van der Waals surface area contributed by atoms with Gasteiger partial charge < -0.3 is 11.1 Å². The first kappa shape index (κ1) is 15.5. The Balaban J connectivity index is 1.96. The van der Waals surface area contributed by atoms with E-state index in [-0.39, 0.29) is 5.91 Å². The topological polar surface area (TPSA) is 60.0 Å². The summed E-state index contributed by atoms with van der Waals surface area (Å²) in [5.74, 6) is 0.105. The van der Waals surface area contributed by atoms with E-state index in [0.29, 0.717) is 14.6 Å². The second-order valence-electron chi connectivity index (χ2n) is 5.07. The summed E-state index contributed by atoms with van der Waals surface area (Å²) in [5, 5.41) is 2.83. The van der Waals surface area contributed by atoms with Crippen LogP contribution in [0.4, 0.5) is 11.5 Å². The predicted molar refractivity (Wildman–Crippen MR) is 98.0 cm³/mol. The number of carbonyl (C=O) groups excluding carboxylic acids is 1. The summed E-state index contributed by atoms with van der Waals surface area (Å²) in [4.78, 5) is 12.9. The molecule has 0 saturated carbocycles. The molecule has 116 valence electrons. The van der Waals surface area contributed by atoms with Gasteiger partial charge in [-0.3, -0.25) is 9.36 Å². The van der Waals surface area contributed by atoms with E-state index in [1.807, 2.05) is 61.5 Å². The molecule has 0 aliphatic rings. The lowest BCUT2D eigenvalue weighted by molar-refractivity contribution is 0.103. The number of nitrogens with two attached hydrogens (primary N) is 1. The number of anilines is 2. The Morgan fingerprint density at radius 1 is 1.13 bits per heavy atom. The van der Waals surface area contributed by atoms with Crippen LogP contribution in [-0.4, -0.2) is 10.5 Å². The van der Waals surface area contributed by atoms with Crippen molar-refractivity contribution in [1.82, 2.24) is 4.57 Å². The van der Waals surface area contributed by atoms with Crippen LogP contribution in [0.25, 0.3) is 5.69 Å². The normalized spacial score (nSPS) is 10.5. The lowest BCUT2D eigenvalue weighted by Crippen LogP contribution is -2.13. The highest BCUT2D eigenvalue weighted by atomic mass is 32.1. The molecular formula is C17H15N3OS2. The summed E-state index contributed by atoms with van der Waals surface area (Å²) in [6.07, 6.45) is 0. The van der Waals surface area contributed by atoms with Gasteiger partial charge >= 0.3 is 0 Å². The number of nitrogens with one attached hydrogen (secondary N) is 1. The monoisotopic (exact) mass is 341 g/mol. The minimum absolute atomic E-state index is 0.254. The SMILES string of the molecule is Cc1ccc(-n2c(N)c(C(=O)Nc3ccccc3)sc2=S)cc1. The van der Waals surface area contributed by atoms with E-state index in [9.17, 15) is 4.79 Å². The third-order valence-electron chi connectivity index (χ3n) is 3.38. The number of aromatic nitrogens is 1. The van der Waals surface area contributed by atoms with Gasteiger partial charge in [0, 0.05) is 11.4 Å². The number of hydrogen-bond acceptors (Lipinski definition) is 4. The highest BCUT2D eigenvalue weighted by Gasteiger charge is 2.18. The Morgan fingerprint density at radius 3 is 2.43 bits per heavy atom. The Bertz CT molecular complexity index is 896. The van der Waals surface area contributed by atoms with Crippen LogP contribution in [0, 0.1) is 10.9 Å². The van der Waals surface area contributed by atoms with Crippen molar-refractivity contribution in [3.63, 3.8) is 0 Å². The Morgan fingerprint density at radius 2 is 1.78 bits per heavy atom. The van der Waals surface area contributed by atoms with E-state index >= 15 is 0 Å². The number of hydrogen-bond donors (Lipinski definition) is 2. The first-order valence-electron chi connectivity index (χ1n) is 7.01. The number of amides is 1. The second-order valence-corrected chi connectivity index (χ2v) is 6.72.